The smallest absolute Gasteiger partial charge is 0.312 e. The highest BCUT2D eigenvalue weighted by Crippen LogP contribution is 2.37. The second kappa shape index (κ2) is 12.6. The number of ether oxygens (including phenoxy) is 1. The van der Waals surface area contributed by atoms with Gasteiger partial charge in [-0.25, -0.2) is 0 Å². The van der Waals surface area contributed by atoms with Crippen molar-refractivity contribution in [2.75, 3.05) is 17.4 Å². The van der Waals surface area contributed by atoms with Gasteiger partial charge in [-0.15, -0.1) is 5.53 Å². The molecule has 10 nitrogen and oxygen atoms in total. The van der Waals surface area contributed by atoms with Crippen molar-refractivity contribution in [1.29, 1.82) is 5.26 Å². The van der Waals surface area contributed by atoms with Gasteiger partial charge in [-0.1, -0.05) is 35.3 Å². The Morgan fingerprint density at radius 1 is 1.11 bits per heavy atom. The largest absolute Gasteiger partial charge is 0.442 e. The fourth-order valence-corrected chi connectivity index (χ4v) is 5.05. The lowest BCUT2D eigenvalue weighted by molar-refractivity contribution is -0.157. The zero-order valence-corrected chi connectivity index (χ0v) is 26.4. The summed E-state index contributed by atoms with van der Waals surface area (Å²) in [6, 6.07) is 15.0. The maximum absolute atomic E-state index is 12.3. The lowest BCUT2D eigenvalue weighted by atomic mass is 9.98. The van der Waals surface area contributed by atoms with Crippen molar-refractivity contribution in [3.05, 3.63) is 99.2 Å². The third-order valence-corrected chi connectivity index (χ3v) is 7.75. The highest BCUT2D eigenvalue weighted by Gasteiger charge is 2.27. The van der Waals surface area contributed by atoms with Gasteiger partial charge < -0.3 is 20.8 Å². The predicted octanol–water partition coefficient (Wildman–Crippen LogP) is 7.03. The minimum atomic E-state index is -0.619. The van der Waals surface area contributed by atoms with Crippen molar-refractivity contribution in [3.8, 4) is 6.07 Å². The van der Waals surface area contributed by atoms with E-state index in [9.17, 15) is 10.1 Å². The zero-order valence-electron chi connectivity index (χ0n) is 24.9. The topological polar surface area (TPSA) is 127 Å². The summed E-state index contributed by atoms with van der Waals surface area (Å²) in [5, 5.41) is 20.2. The molecule has 1 aliphatic rings. The normalized spacial score (nSPS) is 13.6. The molecule has 5 rings (SSSR count). The van der Waals surface area contributed by atoms with E-state index in [1.165, 1.54) is 6.20 Å². The number of nitriles is 1. The van der Waals surface area contributed by atoms with Gasteiger partial charge >= 0.3 is 5.97 Å². The number of hydrogen-bond donors (Lipinski definition) is 4. The number of halogens is 2. The highest BCUT2D eigenvalue weighted by atomic mass is 35.5. The summed E-state index contributed by atoms with van der Waals surface area (Å²) < 4.78 is 5.47. The highest BCUT2D eigenvalue weighted by molar-refractivity contribution is 6.36. The third-order valence-electron chi connectivity index (χ3n) is 7.05. The molecule has 226 valence electrons. The Morgan fingerprint density at radius 3 is 2.59 bits per heavy atom. The summed E-state index contributed by atoms with van der Waals surface area (Å²) in [7, 11) is 0. The molecule has 0 spiro atoms. The van der Waals surface area contributed by atoms with Crippen LogP contribution in [0.1, 0.15) is 49.2 Å². The van der Waals surface area contributed by atoms with Crippen molar-refractivity contribution in [1.82, 2.24) is 25.9 Å². The SMILES string of the molecule is Cc1ccc(Nc2c(C#N)cnc3c(Cl)cc(N[C@H](C4=CN(COC(=O)C(C)(C)C)NN4)c4cccnc4C)cc23)cc1Cl. The first kappa shape index (κ1) is 30.9. The van der Waals surface area contributed by atoms with Crippen LogP contribution >= 0.6 is 23.2 Å². The van der Waals surface area contributed by atoms with Crippen LogP contribution in [0.5, 0.6) is 0 Å². The van der Waals surface area contributed by atoms with E-state index in [0.29, 0.717) is 37.9 Å². The lowest BCUT2D eigenvalue weighted by Crippen LogP contribution is -2.40. The molecule has 0 saturated carbocycles. The molecule has 2 aromatic heterocycles. The molecular weight excluding hydrogens is 599 g/mol. The van der Waals surface area contributed by atoms with Crippen LogP contribution in [-0.4, -0.2) is 27.7 Å². The van der Waals surface area contributed by atoms with Gasteiger partial charge in [0.05, 0.1) is 38.9 Å². The Hall–Kier alpha value is -4.56. The molecule has 0 unspecified atom stereocenters. The monoisotopic (exact) mass is 630 g/mol. The minimum Gasteiger partial charge on any atom is -0.442 e. The van der Waals surface area contributed by atoms with Crippen LogP contribution in [0.4, 0.5) is 17.1 Å². The lowest BCUT2D eigenvalue weighted by Gasteiger charge is -2.23. The Labute approximate surface area is 266 Å². The van der Waals surface area contributed by atoms with Crippen LogP contribution in [0.15, 0.2) is 66.8 Å². The number of hydrogen-bond acceptors (Lipinski definition) is 10. The molecule has 0 bridgehead atoms. The molecule has 0 aliphatic carbocycles. The summed E-state index contributed by atoms with van der Waals surface area (Å²) in [4.78, 5) is 21.3. The summed E-state index contributed by atoms with van der Waals surface area (Å²) in [5.74, 6) is -0.313. The van der Waals surface area contributed by atoms with Crippen molar-refractivity contribution in [2.45, 2.75) is 40.7 Å². The number of hydrazine groups is 2. The number of benzene rings is 2. The predicted molar refractivity (Wildman–Crippen MR) is 173 cm³/mol. The van der Waals surface area contributed by atoms with Crippen molar-refractivity contribution < 1.29 is 9.53 Å². The second-order valence-corrected chi connectivity index (χ2v) is 12.3. The van der Waals surface area contributed by atoms with E-state index in [4.69, 9.17) is 27.9 Å². The van der Waals surface area contributed by atoms with E-state index in [0.717, 1.165) is 28.2 Å². The summed E-state index contributed by atoms with van der Waals surface area (Å²) >= 11 is 13.2. The molecule has 0 amide bonds. The Balaban J connectivity index is 1.52. The Bertz CT molecular complexity index is 1810. The van der Waals surface area contributed by atoms with Gasteiger partial charge in [0.2, 0.25) is 0 Å². The van der Waals surface area contributed by atoms with Crippen LogP contribution in [0.25, 0.3) is 10.9 Å². The molecule has 0 saturated heterocycles. The van der Waals surface area contributed by atoms with Gasteiger partial charge in [0.15, 0.2) is 6.73 Å². The molecule has 12 heteroatoms. The van der Waals surface area contributed by atoms with E-state index in [1.54, 1.807) is 38.0 Å². The van der Waals surface area contributed by atoms with E-state index in [-0.39, 0.29) is 12.7 Å². The molecule has 44 heavy (non-hydrogen) atoms. The van der Waals surface area contributed by atoms with E-state index in [2.05, 4.69) is 37.6 Å². The average molecular weight is 632 g/mol. The fraction of sp³-hybridized carbons (Fsp3) is 0.250. The third kappa shape index (κ3) is 6.65. The molecular formula is C32H32Cl2N8O2. The number of pyridine rings is 2. The summed E-state index contributed by atoms with van der Waals surface area (Å²) in [5.41, 5.74) is 11.9. The van der Waals surface area contributed by atoms with Gasteiger partial charge in [-0.2, -0.15) is 5.26 Å². The van der Waals surface area contributed by atoms with Crippen molar-refractivity contribution in [2.24, 2.45) is 5.41 Å². The first-order valence-corrected chi connectivity index (χ1v) is 14.6. The Kier molecular flexibility index (Phi) is 8.83. The average Bonchev–Trinajstić information content (AvgIpc) is 3.45. The fourth-order valence-electron chi connectivity index (χ4n) is 4.60. The summed E-state index contributed by atoms with van der Waals surface area (Å²) in [6.07, 6.45) is 5.06. The van der Waals surface area contributed by atoms with E-state index < -0.39 is 11.5 Å². The first-order chi connectivity index (χ1) is 20.9. The number of aromatic nitrogens is 2. The molecule has 0 fully saturated rings. The van der Waals surface area contributed by atoms with Gasteiger partial charge in [0, 0.05) is 51.6 Å². The molecule has 4 N–H and O–H groups in total. The quantitative estimate of drug-likeness (QED) is 0.151. The van der Waals surface area contributed by atoms with E-state index in [1.807, 2.05) is 56.4 Å². The van der Waals surface area contributed by atoms with Gasteiger partial charge in [-0.3, -0.25) is 19.8 Å². The number of nitrogens with one attached hydrogen (secondary N) is 4. The number of rotatable bonds is 8. The zero-order chi connectivity index (χ0) is 31.6. The van der Waals surface area contributed by atoms with Crippen LogP contribution in [-0.2, 0) is 9.53 Å². The van der Waals surface area contributed by atoms with Crippen LogP contribution in [0, 0.1) is 30.6 Å². The van der Waals surface area contributed by atoms with E-state index >= 15 is 0 Å². The number of fused-ring (bicyclic) bond motifs is 1. The molecule has 0 radical (unpaired) electrons. The number of aryl methyl sites for hydroxylation is 2. The number of esters is 1. The number of carbonyl (C=O) groups is 1. The number of anilines is 3. The van der Waals surface area contributed by atoms with Crippen LogP contribution < -0.4 is 21.6 Å². The van der Waals surface area contributed by atoms with Crippen molar-refractivity contribution in [3.63, 3.8) is 0 Å². The molecule has 1 atom stereocenters. The van der Waals surface area contributed by atoms with Gasteiger partial charge in [0.1, 0.15) is 6.07 Å². The number of nitrogens with zero attached hydrogens (tertiary/aromatic N) is 4. The maximum atomic E-state index is 12.3. The van der Waals surface area contributed by atoms with Gasteiger partial charge in [-0.05, 0) is 70.5 Å². The van der Waals surface area contributed by atoms with Crippen LogP contribution in [0.2, 0.25) is 10.0 Å². The Morgan fingerprint density at radius 2 is 1.89 bits per heavy atom. The number of carbonyl (C=O) groups excluding carboxylic acids is 1. The molecule has 3 heterocycles. The maximum Gasteiger partial charge on any atom is 0.312 e. The second-order valence-electron chi connectivity index (χ2n) is 11.5. The first-order valence-electron chi connectivity index (χ1n) is 13.9. The molecule has 1 aliphatic heterocycles. The minimum absolute atomic E-state index is 0.00775. The van der Waals surface area contributed by atoms with Gasteiger partial charge in [0.25, 0.3) is 0 Å². The van der Waals surface area contributed by atoms with Crippen molar-refractivity contribution >= 4 is 57.1 Å². The standard InChI is InChI=1S/C32H32Cl2N8O2/c1-18-8-9-21(12-25(18)33)38-28-20(14-35)15-37-29-24(28)11-22(13-26(29)34)39-30(23-7-6-10-36-19(23)2)27-16-42(41-40-27)17-44-31(43)32(3,4)5/h6-13,15-16,30,39-41H,17H2,1-5H3,(H,37,38)/t30-/m0/s1. The molecule has 2 aromatic carbocycles. The molecule has 4 aromatic rings. The van der Waals surface area contributed by atoms with Crippen LogP contribution in [0.3, 0.4) is 0 Å². The summed E-state index contributed by atoms with van der Waals surface area (Å²) in [6.45, 7) is 9.28.